The van der Waals surface area contributed by atoms with Crippen molar-refractivity contribution in [3.05, 3.63) is 35.4 Å². The Labute approximate surface area is 158 Å². The quantitative estimate of drug-likeness (QED) is 0.759. The van der Waals surface area contributed by atoms with Gasteiger partial charge in [-0.05, 0) is 43.9 Å². The van der Waals surface area contributed by atoms with E-state index in [0.29, 0.717) is 43.5 Å². The number of amides is 2. The summed E-state index contributed by atoms with van der Waals surface area (Å²) < 4.78 is 10.6. The Kier molecular flexibility index (Phi) is 6.98. The van der Waals surface area contributed by atoms with Gasteiger partial charge in [0.25, 0.3) is 5.91 Å². The number of phenolic OH excluding ortho intramolecular Hbond substituents is 1. The summed E-state index contributed by atoms with van der Waals surface area (Å²) in [6.07, 6.45) is 4.38. The fourth-order valence-corrected chi connectivity index (χ4v) is 2.96. The van der Waals surface area contributed by atoms with Crippen molar-refractivity contribution in [3.8, 4) is 11.5 Å². The van der Waals surface area contributed by atoms with Crippen molar-refractivity contribution in [3.63, 3.8) is 0 Å². The Hall–Kier alpha value is -2.83. The zero-order valence-electron chi connectivity index (χ0n) is 15.9. The predicted molar refractivity (Wildman–Crippen MR) is 98.6 cm³/mol. The van der Waals surface area contributed by atoms with Crippen LogP contribution in [0.25, 0.3) is 0 Å². The number of nitrogens with zero attached hydrogens (tertiary/aromatic N) is 1. The average molecular weight is 375 g/mol. The molecule has 0 spiro atoms. The summed E-state index contributed by atoms with van der Waals surface area (Å²) in [5.74, 6) is -1.05. The molecule has 0 fully saturated rings. The van der Waals surface area contributed by atoms with Gasteiger partial charge in [0.05, 0.1) is 7.11 Å². The number of imide groups is 1. The zero-order chi connectivity index (χ0) is 20.0. The molecule has 1 N–H and O–H groups in total. The van der Waals surface area contributed by atoms with Gasteiger partial charge in [0.2, 0.25) is 5.91 Å². The molecular weight excluding hydrogens is 350 g/mol. The van der Waals surface area contributed by atoms with Crippen molar-refractivity contribution in [2.45, 2.75) is 45.6 Å². The van der Waals surface area contributed by atoms with Crippen LogP contribution in [0.4, 0.5) is 0 Å². The SMILES string of the molecule is COc1cc(O)c2c(c1)CCCCN(C(C)=O)C(=O)/C=C\C[C@H](C)OC2=O. The predicted octanol–water partition coefficient (Wildman–Crippen LogP) is 2.60. The molecular formula is C20H25NO6. The van der Waals surface area contributed by atoms with Crippen LogP contribution in [0.15, 0.2) is 24.3 Å². The lowest BCUT2D eigenvalue weighted by molar-refractivity contribution is -0.140. The van der Waals surface area contributed by atoms with Crippen molar-refractivity contribution in [1.29, 1.82) is 0 Å². The van der Waals surface area contributed by atoms with E-state index in [1.165, 1.54) is 31.1 Å². The summed E-state index contributed by atoms with van der Waals surface area (Å²) in [6, 6.07) is 3.07. The van der Waals surface area contributed by atoms with Gasteiger partial charge < -0.3 is 14.6 Å². The average Bonchev–Trinajstić information content (AvgIpc) is 2.59. The number of ether oxygens (including phenoxy) is 2. The Bertz CT molecular complexity index is 755. The number of benzene rings is 1. The van der Waals surface area contributed by atoms with Gasteiger partial charge in [0.1, 0.15) is 23.2 Å². The number of carbonyl (C=O) groups excluding carboxylic acids is 3. The lowest BCUT2D eigenvalue weighted by Crippen LogP contribution is -2.34. The minimum atomic E-state index is -0.611. The molecule has 0 aromatic heterocycles. The Morgan fingerprint density at radius 3 is 2.70 bits per heavy atom. The van der Waals surface area contributed by atoms with Gasteiger partial charge in [0, 0.05) is 26.0 Å². The number of fused-ring (bicyclic) bond motifs is 1. The Morgan fingerprint density at radius 1 is 1.30 bits per heavy atom. The lowest BCUT2D eigenvalue weighted by Gasteiger charge is -2.19. The maximum Gasteiger partial charge on any atom is 0.342 e. The Balaban J connectivity index is 2.34. The molecule has 0 radical (unpaired) electrons. The maximum absolute atomic E-state index is 12.5. The number of hydrogen-bond donors (Lipinski definition) is 1. The number of aromatic hydroxyl groups is 1. The second-order valence-corrected chi connectivity index (χ2v) is 6.50. The van der Waals surface area contributed by atoms with Gasteiger partial charge >= 0.3 is 5.97 Å². The molecule has 1 aromatic carbocycles. The minimum absolute atomic E-state index is 0.128. The van der Waals surface area contributed by atoms with Crippen LogP contribution < -0.4 is 4.74 Å². The summed E-state index contributed by atoms with van der Waals surface area (Å²) in [6.45, 7) is 3.35. The van der Waals surface area contributed by atoms with Gasteiger partial charge in [0.15, 0.2) is 0 Å². The summed E-state index contributed by atoms with van der Waals surface area (Å²) in [5, 5.41) is 10.3. The van der Waals surface area contributed by atoms with Crippen molar-refractivity contribution < 1.29 is 29.0 Å². The number of phenols is 1. The van der Waals surface area contributed by atoms with E-state index in [1.54, 1.807) is 19.1 Å². The monoisotopic (exact) mass is 375 g/mol. The first-order valence-corrected chi connectivity index (χ1v) is 8.93. The van der Waals surface area contributed by atoms with Crippen molar-refractivity contribution in [1.82, 2.24) is 4.90 Å². The van der Waals surface area contributed by atoms with E-state index in [9.17, 15) is 19.5 Å². The molecule has 1 aliphatic heterocycles. The number of esters is 1. The minimum Gasteiger partial charge on any atom is -0.507 e. The van der Waals surface area contributed by atoms with Crippen LogP contribution in [0.3, 0.4) is 0 Å². The first-order chi connectivity index (χ1) is 12.8. The van der Waals surface area contributed by atoms with Crippen LogP contribution in [-0.4, -0.2) is 47.5 Å². The van der Waals surface area contributed by atoms with E-state index in [4.69, 9.17) is 9.47 Å². The highest BCUT2D eigenvalue weighted by atomic mass is 16.5. The molecule has 2 rings (SSSR count). The molecule has 1 heterocycles. The van der Waals surface area contributed by atoms with Crippen LogP contribution >= 0.6 is 0 Å². The molecule has 1 aromatic rings. The van der Waals surface area contributed by atoms with E-state index >= 15 is 0 Å². The first-order valence-electron chi connectivity index (χ1n) is 8.93. The molecule has 0 aliphatic carbocycles. The van der Waals surface area contributed by atoms with Crippen molar-refractivity contribution in [2.24, 2.45) is 0 Å². The molecule has 7 heteroatoms. The standard InChI is InChI=1S/C20H25NO6/c1-13-7-6-9-18(24)21(14(2)22)10-5-4-8-15-11-16(26-3)12-17(23)19(15)20(25)27-13/h6,9,11-13,23H,4-5,7-8,10H2,1-3H3/b9-6-/t13-/m0/s1. The smallest absolute Gasteiger partial charge is 0.342 e. The van der Waals surface area contributed by atoms with Crippen molar-refractivity contribution >= 4 is 17.8 Å². The second kappa shape index (κ2) is 9.21. The van der Waals surface area contributed by atoms with Crippen LogP contribution in [0.1, 0.15) is 49.0 Å². The third-order valence-corrected chi connectivity index (χ3v) is 4.37. The van der Waals surface area contributed by atoms with Crippen LogP contribution in [0.2, 0.25) is 0 Å². The first kappa shape index (κ1) is 20.5. The number of cyclic esters (lactones) is 1. The largest absolute Gasteiger partial charge is 0.507 e. The van der Waals surface area contributed by atoms with Gasteiger partial charge in [-0.3, -0.25) is 14.5 Å². The topological polar surface area (TPSA) is 93.1 Å². The zero-order valence-corrected chi connectivity index (χ0v) is 15.9. The number of rotatable bonds is 1. The molecule has 0 unspecified atom stereocenters. The fourth-order valence-electron chi connectivity index (χ4n) is 2.96. The highest BCUT2D eigenvalue weighted by Crippen LogP contribution is 2.30. The van der Waals surface area contributed by atoms with Crippen LogP contribution in [0, 0.1) is 0 Å². The van der Waals surface area contributed by atoms with Gasteiger partial charge in [-0.1, -0.05) is 6.08 Å². The van der Waals surface area contributed by atoms with Gasteiger partial charge in [-0.15, -0.1) is 0 Å². The third kappa shape index (κ3) is 5.32. The number of carbonyl (C=O) groups is 3. The molecule has 0 bridgehead atoms. The van der Waals surface area contributed by atoms with Crippen LogP contribution in [-0.2, 0) is 20.7 Å². The van der Waals surface area contributed by atoms with Crippen molar-refractivity contribution in [2.75, 3.05) is 13.7 Å². The van der Waals surface area contributed by atoms with E-state index < -0.39 is 12.1 Å². The number of aryl methyl sites for hydroxylation is 1. The maximum atomic E-state index is 12.5. The van der Waals surface area contributed by atoms with E-state index in [0.717, 1.165) is 0 Å². The molecule has 1 aliphatic rings. The number of methoxy groups -OCH3 is 1. The van der Waals surface area contributed by atoms with Gasteiger partial charge in [-0.25, -0.2) is 4.79 Å². The summed E-state index contributed by atoms with van der Waals surface area (Å²) in [7, 11) is 1.48. The lowest BCUT2D eigenvalue weighted by atomic mass is 10.00. The molecule has 0 saturated carbocycles. The van der Waals surface area contributed by atoms with E-state index in [1.807, 2.05) is 0 Å². The van der Waals surface area contributed by atoms with Crippen LogP contribution in [0.5, 0.6) is 11.5 Å². The molecule has 146 valence electrons. The fraction of sp³-hybridized carbons (Fsp3) is 0.450. The molecule has 1 atom stereocenters. The van der Waals surface area contributed by atoms with E-state index in [2.05, 4.69) is 0 Å². The second-order valence-electron chi connectivity index (χ2n) is 6.50. The highest BCUT2D eigenvalue weighted by Gasteiger charge is 2.22. The molecule has 0 saturated heterocycles. The van der Waals surface area contributed by atoms with Gasteiger partial charge in [-0.2, -0.15) is 0 Å². The number of hydrogen-bond acceptors (Lipinski definition) is 6. The molecule has 2 amide bonds. The summed E-state index contributed by atoms with van der Waals surface area (Å²) in [5.41, 5.74) is 0.737. The normalized spacial score (nSPS) is 20.3. The summed E-state index contributed by atoms with van der Waals surface area (Å²) >= 11 is 0. The van der Waals surface area contributed by atoms with E-state index in [-0.39, 0.29) is 23.1 Å². The Morgan fingerprint density at radius 2 is 2.04 bits per heavy atom. The third-order valence-electron chi connectivity index (χ3n) is 4.37. The summed E-state index contributed by atoms with van der Waals surface area (Å²) in [4.78, 5) is 37.7. The molecule has 7 nitrogen and oxygen atoms in total. The molecule has 27 heavy (non-hydrogen) atoms. The highest BCUT2D eigenvalue weighted by molar-refractivity contribution is 6.00.